The fourth-order valence-electron chi connectivity index (χ4n) is 3.54. The number of carbonyl (C=O) groups is 2. The zero-order valence-electron chi connectivity index (χ0n) is 12.8. The van der Waals surface area contributed by atoms with Crippen molar-refractivity contribution in [2.75, 3.05) is 13.1 Å². The molecule has 1 aliphatic heterocycles. The topological polar surface area (TPSA) is 57.6 Å². The zero-order valence-corrected chi connectivity index (χ0v) is 12.8. The lowest BCUT2D eigenvalue weighted by molar-refractivity contribution is -0.142. The quantitative estimate of drug-likeness (QED) is 0.878. The van der Waals surface area contributed by atoms with Crippen LogP contribution in [-0.4, -0.2) is 35.0 Å². The van der Waals surface area contributed by atoms with Gasteiger partial charge in [0.25, 0.3) is 0 Å². The number of aryl methyl sites for hydroxylation is 1. The Bertz CT molecular complexity index is 539. The number of hydrogen-bond donors (Lipinski definition) is 1. The van der Waals surface area contributed by atoms with Crippen molar-refractivity contribution in [3.05, 3.63) is 35.9 Å². The first-order valence-corrected chi connectivity index (χ1v) is 8.19. The van der Waals surface area contributed by atoms with E-state index in [-0.39, 0.29) is 17.7 Å². The smallest absolute Gasteiger partial charge is 0.308 e. The lowest BCUT2D eigenvalue weighted by Crippen LogP contribution is -2.29. The van der Waals surface area contributed by atoms with Gasteiger partial charge in [-0.25, -0.2) is 0 Å². The molecule has 22 heavy (non-hydrogen) atoms. The monoisotopic (exact) mass is 301 g/mol. The molecule has 2 fully saturated rings. The molecule has 1 heterocycles. The fourth-order valence-corrected chi connectivity index (χ4v) is 3.54. The second-order valence-electron chi connectivity index (χ2n) is 6.58. The van der Waals surface area contributed by atoms with E-state index in [1.54, 1.807) is 4.90 Å². The van der Waals surface area contributed by atoms with Crippen LogP contribution in [0.5, 0.6) is 0 Å². The predicted octanol–water partition coefficient (Wildman–Crippen LogP) is 2.58. The van der Waals surface area contributed by atoms with Crippen molar-refractivity contribution in [3.8, 4) is 0 Å². The highest BCUT2D eigenvalue weighted by Crippen LogP contribution is 2.44. The van der Waals surface area contributed by atoms with E-state index in [1.165, 1.54) is 5.56 Å². The van der Waals surface area contributed by atoms with Gasteiger partial charge >= 0.3 is 5.97 Å². The first-order valence-electron chi connectivity index (χ1n) is 8.19. The molecular weight excluding hydrogens is 278 g/mol. The molecule has 2 aliphatic rings. The molecule has 0 spiro atoms. The van der Waals surface area contributed by atoms with E-state index in [0.29, 0.717) is 25.4 Å². The molecule has 1 aliphatic carbocycles. The van der Waals surface area contributed by atoms with Gasteiger partial charge in [0.05, 0.1) is 5.92 Å². The van der Waals surface area contributed by atoms with Crippen molar-refractivity contribution in [2.45, 2.75) is 32.1 Å². The maximum Gasteiger partial charge on any atom is 0.308 e. The first-order chi connectivity index (χ1) is 10.6. The van der Waals surface area contributed by atoms with E-state index < -0.39 is 5.97 Å². The van der Waals surface area contributed by atoms with Crippen LogP contribution in [0.4, 0.5) is 0 Å². The molecule has 1 saturated heterocycles. The third kappa shape index (κ3) is 3.49. The van der Waals surface area contributed by atoms with Gasteiger partial charge in [-0.3, -0.25) is 9.59 Å². The molecular formula is C18H23NO3. The molecule has 3 rings (SSSR count). The Morgan fingerprint density at radius 2 is 1.86 bits per heavy atom. The summed E-state index contributed by atoms with van der Waals surface area (Å²) in [6.45, 7) is 1.05. The van der Waals surface area contributed by atoms with Crippen LogP contribution < -0.4 is 0 Å². The van der Waals surface area contributed by atoms with E-state index in [4.69, 9.17) is 0 Å². The number of carboxylic acids is 1. The Kier molecular flexibility index (Phi) is 4.46. The summed E-state index contributed by atoms with van der Waals surface area (Å²) in [6, 6.07) is 10.2. The number of amides is 1. The second kappa shape index (κ2) is 6.51. The molecule has 0 unspecified atom stereocenters. The molecule has 4 heteroatoms. The van der Waals surface area contributed by atoms with Crippen LogP contribution in [-0.2, 0) is 16.0 Å². The van der Waals surface area contributed by atoms with Crippen LogP contribution >= 0.6 is 0 Å². The number of likely N-dealkylation sites (tertiary alicyclic amines) is 1. The summed E-state index contributed by atoms with van der Waals surface area (Å²) in [6.07, 6.45) is 4.49. The SMILES string of the molecule is O=C(O)[C@H]1CN(C(=O)CCCc2ccccc2)C[C@@H]1C1CC1. The number of rotatable bonds is 6. The summed E-state index contributed by atoms with van der Waals surface area (Å²) in [5, 5.41) is 9.35. The minimum Gasteiger partial charge on any atom is -0.481 e. The highest BCUT2D eigenvalue weighted by Gasteiger charge is 2.46. The minimum atomic E-state index is -0.739. The van der Waals surface area contributed by atoms with Gasteiger partial charge < -0.3 is 10.0 Å². The number of carboxylic acid groups (broad SMARTS) is 1. The summed E-state index contributed by atoms with van der Waals surface area (Å²) < 4.78 is 0. The van der Waals surface area contributed by atoms with E-state index >= 15 is 0 Å². The third-order valence-corrected chi connectivity index (χ3v) is 4.96. The van der Waals surface area contributed by atoms with Crippen molar-refractivity contribution >= 4 is 11.9 Å². The molecule has 0 radical (unpaired) electrons. The van der Waals surface area contributed by atoms with Crippen molar-refractivity contribution in [1.82, 2.24) is 4.90 Å². The molecule has 4 nitrogen and oxygen atoms in total. The Hall–Kier alpha value is -1.84. The average Bonchev–Trinajstić information content (AvgIpc) is 3.26. The molecule has 1 amide bonds. The van der Waals surface area contributed by atoms with E-state index in [2.05, 4.69) is 12.1 Å². The predicted molar refractivity (Wildman–Crippen MR) is 83.3 cm³/mol. The second-order valence-corrected chi connectivity index (χ2v) is 6.58. The van der Waals surface area contributed by atoms with Gasteiger partial charge in [0.15, 0.2) is 0 Å². The molecule has 0 aromatic heterocycles. The zero-order chi connectivity index (χ0) is 15.5. The van der Waals surface area contributed by atoms with Crippen molar-refractivity contribution in [2.24, 2.45) is 17.8 Å². The first kappa shape index (κ1) is 15.1. The van der Waals surface area contributed by atoms with Crippen LogP contribution in [0.25, 0.3) is 0 Å². The Labute approximate surface area is 131 Å². The lowest BCUT2D eigenvalue weighted by Gasteiger charge is -2.16. The average molecular weight is 301 g/mol. The fraction of sp³-hybridized carbons (Fsp3) is 0.556. The summed E-state index contributed by atoms with van der Waals surface area (Å²) in [5.41, 5.74) is 1.25. The molecule has 1 N–H and O–H groups in total. The van der Waals surface area contributed by atoms with Crippen LogP contribution in [0.2, 0.25) is 0 Å². The number of hydrogen-bond acceptors (Lipinski definition) is 2. The molecule has 2 atom stereocenters. The molecule has 0 bridgehead atoms. The van der Waals surface area contributed by atoms with Gasteiger partial charge in [-0.2, -0.15) is 0 Å². The highest BCUT2D eigenvalue weighted by atomic mass is 16.4. The number of nitrogens with zero attached hydrogens (tertiary/aromatic N) is 1. The summed E-state index contributed by atoms with van der Waals surface area (Å²) in [5.74, 6) is -0.272. The molecule has 118 valence electrons. The molecule has 1 aromatic rings. The van der Waals surface area contributed by atoms with Gasteiger partial charge in [-0.15, -0.1) is 0 Å². The summed E-state index contributed by atoms with van der Waals surface area (Å²) in [7, 11) is 0. The Balaban J connectivity index is 1.49. The van der Waals surface area contributed by atoms with Crippen molar-refractivity contribution in [1.29, 1.82) is 0 Å². The van der Waals surface area contributed by atoms with Crippen molar-refractivity contribution in [3.63, 3.8) is 0 Å². The van der Waals surface area contributed by atoms with Gasteiger partial charge in [-0.05, 0) is 43.1 Å². The maximum atomic E-state index is 12.3. The summed E-state index contributed by atoms with van der Waals surface area (Å²) >= 11 is 0. The maximum absolute atomic E-state index is 12.3. The largest absolute Gasteiger partial charge is 0.481 e. The van der Waals surface area contributed by atoms with E-state index in [1.807, 2.05) is 18.2 Å². The Morgan fingerprint density at radius 1 is 1.14 bits per heavy atom. The van der Waals surface area contributed by atoms with Gasteiger partial charge in [0.1, 0.15) is 0 Å². The van der Waals surface area contributed by atoms with E-state index in [9.17, 15) is 14.7 Å². The Morgan fingerprint density at radius 3 is 2.50 bits per heavy atom. The van der Waals surface area contributed by atoms with Crippen molar-refractivity contribution < 1.29 is 14.7 Å². The van der Waals surface area contributed by atoms with Gasteiger partial charge in [0, 0.05) is 19.5 Å². The van der Waals surface area contributed by atoms with Crippen LogP contribution in [0.3, 0.4) is 0 Å². The highest BCUT2D eigenvalue weighted by molar-refractivity contribution is 5.79. The third-order valence-electron chi connectivity index (χ3n) is 4.96. The minimum absolute atomic E-state index is 0.116. The number of aliphatic carboxylic acids is 1. The molecule has 1 aromatic carbocycles. The number of benzene rings is 1. The van der Waals surface area contributed by atoms with Gasteiger partial charge in [-0.1, -0.05) is 30.3 Å². The van der Waals surface area contributed by atoms with E-state index in [0.717, 1.165) is 25.7 Å². The number of carbonyl (C=O) groups excluding carboxylic acids is 1. The van der Waals surface area contributed by atoms with Crippen LogP contribution in [0.15, 0.2) is 30.3 Å². The standard InChI is InChI=1S/C18H23NO3/c20-17(8-4-7-13-5-2-1-3-6-13)19-11-15(14-9-10-14)16(12-19)18(21)22/h1-3,5-6,14-16H,4,7-12H2,(H,21,22)/t15-,16+/m1/s1. The summed E-state index contributed by atoms with van der Waals surface area (Å²) in [4.78, 5) is 25.5. The molecule has 1 saturated carbocycles. The van der Waals surface area contributed by atoms with Crippen LogP contribution in [0, 0.1) is 17.8 Å². The van der Waals surface area contributed by atoms with Gasteiger partial charge in [0.2, 0.25) is 5.91 Å². The lowest BCUT2D eigenvalue weighted by atomic mass is 9.92. The normalized spacial score (nSPS) is 24.5. The van der Waals surface area contributed by atoms with Crippen LogP contribution in [0.1, 0.15) is 31.2 Å².